The number of nitrogens with one attached hydrogen (secondary N) is 1. The highest BCUT2D eigenvalue weighted by atomic mass is 15.1. The molecule has 280 valence electrons. The van der Waals surface area contributed by atoms with E-state index in [0.717, 1.165) is 71.1 Å². The second-order valence-corrected chi connectivity index (χ2v) is 14.3. The molecule has 0 bridgehead atoms. The summed E-state index contributed by atoms with van der Waals surface area (Å²) in [7, 11) is 2.25. The molecule has 3 aromatic carbocycles. The van der Waals surface area contributed by atoms with Crippen LogP contribution in [0.2, 0.25) is 0 Å². The fraction of sp³-hybridized carbons (Fsp3) is 0.400. The SMILES string of the molecule is C=C.C=C(C)C.C=C1CC(CCN(C)Cc2ccc(CCNCCc3ccc(C)c(C)c3C)cc2)=CCC1(C1=CCCC=C1)c1ccccc1.CC. The van der Waals surface area contributed by atoms with Crippen LogP contribution in [0.3, 0.4) is 0 Å². The number of hydrogen-bond acceptors (Lipinski definition) is 2. The summed E-state index contributed by atoms with van der Waals surface area (Å²) in [6, 6.07) is 24.8. The second-order valence-electron chi connectivity index (χ2n) is 14.3. The molecule has 0 aromatic heterocycles. The van der Waals surface area contributed by atoms with Crippen LogP contribution in [-0.4, -0.2) is 31.6 Å². The Kier molecular flexibility index (Phi) is 20.0. The van der Waals surface area contributed by atoms with Crippen LogP contribution >= 0.6 is 0 Å². The number of benzene rings is 3. The second kappa shape index (κ2) is 23.6. The molecule has 1 atom stereocenters. The van der Waals surface area contributed by atoms with Crippen LogP contribution in [0.25, 0.3) is 0 Å². The smallest absolute Gasteiger partial charge is 0.0442 e. The van der Waals surface area contributed by atoms with Crippen molar-refractivity contribution in [3.05, 3.63) is 179 Å². The summed E-state index contributed by atoms with van der Waals surface area (Å²) < 4.78 is 0. The molecule has 3 aromatic rings. The van der Waals surface area contributed by atoms with Gasteiger partial charge in [-0.15, -0.1) is 19.7 Å². The Balaban J connectivity index is 0.00000108. The van der Waals surface area contributed by atoms with Crippen molar-refractivity contribution in [2.45, 2.75) is 105 Å². The summed E-state index contributed by atoms with van der Waals surface area (Å²) in [6.45, 7) is 33.0. The lowest BCUT2D eigenvalue weighted by molar-refractivity contribution is 0.329. The minimum absolute atomic E-state index is 0.0931. The monoisotopic (exact) mass is 699 g/mol. The first-order valence-corrected chi connectivity index (χ1v) is 19.5. The normalized spacial score (nSPS) is 16.3. The molecule has 1 unspecified atom stereocenters. The first-order valence-electron chi connectivity index (χ1n) is 19.5. The molecule has 2 heteroatoms. The molecule has 0 heterocycles. The molecule has 0 saturated carbocycles. The molecule has 0 spiro atoms. The average Bonchev–Trinajstić information content (AvgIpc) is 3.16. The number of rotatable bonds is 13. The van der Waals surface area contributed by atoms with Gasteiger partial charge < -0.3 is 10.2 Å². The van der Waals surface area contributed by atoms with E-state index in [9.17, 15) is 0 Å². The van der Waals surface area contributed by atoms with Gasteiger partial charge in [0, 0.05) is 18.5 Å². The molecule has 0 fully saturated rings. The van der Waals surface area contributed by atoms with Crippen LogP contribution in [0.1, 0.15) is 98.7 Å². The largest absolute Gasteiger partial charge is 0.316 e. The van der Waals surface area contributed by atoms with Crippen LogP contribution in [-0.2, 0) is 24.8 Å². The van der Waals surface area contributed by atoms with E-state index < -0.39 is 0 Å². The quantitative estimate of drug-likeness (QED) is 0.141. The van der Waals surface area contributed by atoms with Gasteiger partial charge >= 0.3 is 0 Å². The zero-order valence-electron chi connectivity index (χ0n) is 34.2. The first-order chi connectivity index (χ1) is 25.1. The van der Waals surface area contributed by atoms with E-state index in [-0.39, 0.29) is 5.41 Å². The molecule has 2 aliphatic rings. The molecule has 2 nitrogen and oxygen atoms in total. The summed E-state index contributed by atoms with van der Waals surface area (Å²) in [5, 5.41) is 3.65. The van der Waals surface area contributed by atoms with Crippen LogP contribution in [0, 0.1) is 20.8 Å². The molecule has 0 amide bonds. The fourth-order valence-electron chi connectivity index (χ4n) is 6.99. The number of nitrogens with zero attached hydrogens (tertiary/aromatic N) is 1. The zero-order chi connectivity index (χ0) is 38.5. The highest BCUT2D eigenvalue weighted by Gasteiger charge is 2.39. The topological polar surface area (TPSA) is 15.3 Å². The summed E-state index contributed by atoms with van der Waals surface area (Å²) in [4.78, 5) is 2.46. The average molecular weight is 699 g/mol. The van der Waals surface area contributed by atoms with Gasteiger partial charge in [-0.2, -0.15) is 0 Å². The zero-order valence-corrected chi connectivity index (χ0v) is 34.2. The lowest BCUT2D eigenvalue weighted by atomic mass is 9.62. The van der Waals surface area contributed by atoms with E-state index >= 15 is 0 Å². The molecular formula is C50H70N2. The molecule has 0 aliphatic heterocycles. The molecule has 52 heavy (non-hydrogen) atoms. The van der Waals surface area contributed by atoms with Gasteiger partial charge in [0.15, 0.2) is 0 Å². The molecule has 1 N–H and O–H groups in total. The van der Waals surface area contributed by atoms with Crippen LogP contribution in [0.15, 0.2) is 140 Å². The Morgan fingerprint density at radius 1 is 0.788 bits per heavy atom. The Morgan fingerprint density at radius 3 is 2.04 bits per heavy atom. The molecule has 0 radical (unpaired) electrons. The van der Waals surface area contributed by atoms with Gasteiger partial charge in [-0.3, -0.25) is 0 Å². The third-order valence-electron chi connectivity index (χ3n) is 10.1. The predicted octanol–water partition coefficient (Wildman–Crippen LogP) is 12.7. The van der Waals surface area contributed by atoms with E-state index in [0.29, 0.717) is 0 Å². The number of aryl methyl sites for hydroxylation is 1. The Labute approximate surface area is 319 Å². The minimum atomic E-state index is -0.0931. The fourth-order valence-corrected chi connectivity index (χ4v) is 6.99. The van der Waals surface area contributed by atoms with Crippen molar-refractivity contribution in [3.63, 3.8) is 0 Å². The van der Waals surface area contributed by atoms with Gasteiger partial charge in [-0.25, -0.2) is 0 Å². The van der Waals surface area contributed by atoms with Crippen molar-refractivity contribution in [1.82, 2.24) is 10.2 Å². The first kappa shape index (κ1) is 44.2. The van der Waals surface area contributed by atoms with Gasteiger partial charge in [0.05, 0.1) is 0 Å². The third kappa shape index (κ3) is 13.2. The Bertz CT molecular complexity index is 1610. The highest BCUT2D eigenvalue weighted by molar-refractivity contribution is 5.54. The molecular weight excluding hydrogens is 629 g/mol. The van der Waals surface area contributed by atoms with E-state index in [1.165, 1.54) is 61.2 Å². The molecule has 5 rings (SSSR count). The molecule has 2 aliphatic carbocycles. The van der Waals surface area contributed by atoms with Gasteiger partial charge in [0.1, 0.15) is 0 Å². The van der Waals surface area contributed by atoms with E-state index in [1.54, 1.807) is 0 Å². The maximum Gasteiger partial charge on any atom is 0.0442 e. The van der Waals surface area contributed by atoms with E-state index in [1.807, 2.05) is 27.7 Å². The lowest BCUT2D eigenvalue weighted by Crippen LogP contribution is -2.33. The van der Waals surface area contributed by atoms with Gasteiger partial charge in [-0.05, 0) is 144 Å². The summed E-state index contributed by atoms with van der Waals surface area (Å²) >= 11 is 0. The lowest BCUT2D eigenvalue weighted by Gasteiger charge is -2.41. The van der Waals surface area contributed by atoms with Crippen molar-refractivity contribution >= 4 is 0 Å². The van der Waals surface area contributed by atoms with Crippen molar-refractivity contribution in [2.75, 3.05) is 26.7 Å². The van der Waals surface area contributed by atoms with Gasteiger partial charge in [-0.1, -0.05) is 128 Å². The van der Waals surface area contributed by atoms with Gasteiger partial charge in [0.2, 0.25) is 0 Å². The number of allylic oxidation sites excluding steroid dienone is 7. The Morgan fingerprint density at radius 2 is 1.42 bits per heavy atom. The minimum Gasteiger partial charge on any atom is -0.316 e. The Hall–Kier alpha value is -3.98. The maximum atomic E-state index is 4.69. The highest BCUT2D eigenvalue weighted by Crippen LogP contribution is 2.49. The van der Waals surface area contributed by atoms with Crippen molar-refractivity contribution in [1.29, 1.82) is 0 Å². The summed E-state index contributed by atoms with van der Waals surface area (Å²) in [5.41, 5.74) is 15.3. The predicted molar refractivity (Wildman–Crippen MR) is 232 cm³/mol. The summed E-state index contributed by atoms with van der Waals surface area (Å²) in [6.07, 6.45) is 17.2. The van der Waals surface area contributed by atoms with Crippen LogP contribution in [0.5, 0.6) is 0 Å². The van der Waals surface area contributed by atoms with Crippen LogP contribution in [0.4, 0.5) is 0 Å². The maximum absolute atomic E-state index is 4.69. The van der Waals surface area contributed by atoms with Crippen LogP contribution < -0.4 is 5.32 Å². The molecule has 0 saturated heterocycles. The number of hydrogen-bond donors (Lipinski definition) is 1. The van der Waals surface area contributed by atoms with Crippen molar-refractivity contribution < 1.29 is 0 Å². The summed E-state index contributed by atoms with van der Waals surface area (Å²) in [5.74, 6) is 0. The van der Waals surface area contributed by atoms with Crippen molar-refractivity contribution in [2.24, 2.45) is 0 Å². The van der Waals surface area contributed by atoms with Crippen molar-refractivity contribution in [3.8, 4) is 0 Å². The van der Waals surface area contributed by atoms with Gasteiger partial charge in [0.25, 0.3) is 0 Å². The third-order valence-corrected chi connectivity index (χ3v) is 10.1. The van der Waals surface area contributed by atoms with E-state index in [4.69, 9.17) is 6.58 Å². The van der Waals surface area contributed by atoms with E-state index in [2.05, 4.69) is 149 Å². The standard InChI is InChI=1S/C42H52N2.C4H8.C2H6.C2H4/c1-32-16-21-39(35(4)34(32)3)24-28-43-27-23-36-17-19-38(20-18-36)31-44(5)29-25-37-22-26-42(33(2)30-37,40-12-8-6-9-13-40)41-14-10-7-11-15-41;1-4(2)3;2*1-2/h6,8-10,12-22,43H,2,7,11,23-31H2,1,3-5H3;1H2,2-3H3;1-2H3;1-2H2.